The van der Waals surface area contributed by atoms with Gasteiger partial charge in [0.05, 0.1) is 18.6 Å². The SMILES string of the molecule is CCC(N=C=O)C1(CN=C=O)CC2CC(C(C)N=C=O)C1C2. The van der Waals surface area contributed by atoms with E-state index < -0.39 is 0 Å². The molecular formula is C16H21N3O3. The zero-order chi connectivity index (χ0) is 16.2. The molecule has 2 rings (SSSR count). The first-order valence-electron chi connectivity index (χ1n) is 7.80. The van der Waals surface area contributed by atoms with Gasteiger partial charge >= 0.3 is 0 Å². The van der Waals surface area contributed by atoms with Crippen LogP contribution in [0.2, 0.25) is 0 Å². The summed E-state index contributed by atoms with van der Waals surface area (Å²) in [5, 5.41) is 0. The van der Waals surface area contributed by atoms with Crippen molar-refractivity contribution in [3.05, 3.63) is 0 Å². The van der Waals surface area contributed by atoms with E-state index in [2.05, 4.69) is 15.0 Å². The molecule has 0 radical (unpaired) electrons. The minimum absolute atomic E-state index is 0.106. The van der Waals surface area contributed by atoms with Crippen LogP contribution in [-0.4, -0.2) is 36.9 Å². The Morgan fingerprint density at radius 2 is 1.86 bits per heavy atom. The predicted octanol–water partition coefficient (Wildman–Crippen LogP) is 2.19. The van der Waals surface area contributed by atoms with Gasteiger partial charge in [-0.3, -0.25) is 0 Å². The molecule has 6 nitrogen and oxygen atoms in total. The molecule has 22 heavy (non-hydrogen) atoms. The van der Waals surface area contributed by atoms with Crippen LogP contribution < -0.4 is 0 Å². The number of hydrogen-bond donors (Lipinski definition) is 0. The summed E-state index contributed by atoms with van der Waals surface area (Å²) in [4.78, 5) is 43.7. The molecule has 0 aromatic rings. The second kappa shape index (κ2) is 6.93. The highest BCUT2D eigenvalue weighted by Gasteiger charge is 2.59. The molecule has 6 atom stereocenters. The van der Waals surface area contributed by atoms with Gasteiger partial charge in [-0.05, 0) is 50.4 Å². The smallest absolute Gasteiger partial charge is 0.211 e. The van der Waals surface area contributed by atoms with E-state index >= 15 is 0 Å². The first kappa shape index (κ1) is 16.5. The quantitative estimate of drug-likeness (QED) is 0.533. The van der Waals surface area contributed by atoms with E-state index in [1.54, 1.807) is 18.2 Å². The molecule has 2 aliphatic rings. The van der Waals surface area contributed by atoms with E-state index in [1.165, 1.54) is 0 Å². The Bertz CT molecular complexity index is 559. The van der Waals surface area contributed by atoms with Gasteiger partial charge in [0.15, 0.2) is 0 Å². The van der Waals surface area contributed by atoms with E-state index in [0.717, 1.165) is 19.3 Å². The summed E-state index contributed by atoms with van der Waals surface area (Å²) in [5.41, 5.74) is -0.316. The maximum Gasteiger partial charge on any atom is 0.235 e. The molecule has 2 bridgehead atoms. The van der Waals surface area contributed by atoms with Gasteiger partial charge in [0.1, 0.15) is 0 Å². The van der Waals surface area contributed by atoms with Crippen molar-refractivity contribution in [1.29, 1.82) is 0 Å². The Morgan fingerprint density at radius 1 is 1.14 bits per heavy atom. The van der Waals surface area contributed by atoms with Crippen LogP contribution in [0.1, 0.15) is 39.5 Å². The molecule has 118 valence electrons. The minimum Gasteiger partial charge on any atom is -0.211 e. The zero-order valence-electron chi connectivity index (χ0n) is 13.0. The number of rotatable bonds is 7. The molecule has 2 fully saturated rings. The summed E-state index contributed by atoms with van der Waals surface area (Å²) >= 11 is 0. The summed E-state index contributed by atoms with van der Waals surface area (Å²) in [6.07, 6.45) is 8.58. The van der Waals surface area contributed by atoms with E-state index in [1.807, 2.05) is 13.8 Å². The summed E-state index contributed by atoms with van der Waals surface area (Å²) in [7, 11) is 0. The Balaban J connectivity index is 2.39. The second-order valence-corrected chi connectivity index (χ2v) is 6.56. The van der Waals surface area contributed by atoms with Gasteiger partial charge in [-0.1, -0.05) is 6.92 Å². The number of hydrogen-bond acceptors (Lipinski definition) is 6. The highest BCUT2D eigenvalue weighted by molar-refractivity contribution is 5.36. The fraction of sp³-hybridized carbons (Fsp3) is 0.812. The monoisotopic (exact) mass is 303 g/mol. The predicted molar refractivity (Wildman–Crippen MR) is 79.5 cm³/mol. The van der Waals surface area contributed by atoms with Gasteiger partial charge in [0.25, 0.3) is 0 Å². The van der Waals surface area contributed by atoms with Crippen LogP contribution in [0.4, 0.5) is 0 Å². The van der Waals surface area contributed by atoms with Gasteiger partial charge < -0.3 is 0 Å². The summed E-state index contributed by atoms with van der Waals surface area (Å²) in [6, 6.07) is -0.308. The Morgan fingerprint density at radius 3 is 2.41 bits per heavy atom. The Kier molecular flexibility index (Phi) is 5.20. The van der Waals surface area contributed by atoms with Crippen LogP contribution in [0, 0.1) is 23.2 Å². The molecule has 6 heteroatoms. The molecule has 2 aliphatic carbocycles. The minimum atomic E-state index is -0.316. The molecule has 0 saturated heterocycles. The number of fused-ring (bicyclic) bond motifs is 2. The third kappa shape index (κ3) is 2.74. The summed E-state index contributed by atoms with van der Waals surface area (Å²) < 4.78 is 0. The highest BCUT2D eigenvalue weighted by Crippen LogP contribution is 2.62. The van der Waals surface area contributed by atoms with Crippen molar-refractivity contribution in [2.45, 2.75) is 51.6 Å². The van der Waals surface area contributed by atoms with Gasteiger partial charge in [0.2, 0.25) is 18.2 Å². The van der Waals surface area contributed by atoms with Crippen molar-refractivity contribution >= 4 is 18.2 Å². The van der Waals surface area contributed by atoms with Crippen LogP contribution in [0.15, 0.2) is 15.0 Å². The van der Waals surface area contributed by atoms with E-state index in [9.17, 15) is 14.4 Å². The van der Waals surface area contributed by atoms with Gasteiger partial charge in [-0.15, -0.1) is 0 Å². The standard InChI is InChI=1S/C16H21N3O3/c1-3-15(19-10-22)16(7-17-8-20)6-12-4-13(14(16)5-12)11(2)18-9-21/h11-15H,3-7H2,1-2H3. The van der Waals surface area contributed by atoms with Crippen LogP contribution >= 0.6 is 0 Å². The van der Waals surface area contributed by atoms with Crippen LogP contribution in [0.5, 0.6) is 0 Å². The van der Waals surface area contributed by atoms with E-state index in [4.69, 9.17) is 0 Å². The molecule has 0 aliphatic heterocycles. The van der Waals surface area contributed by atoms with Crippen LogP contribution in [0.25, 0.3) is 0 Å². The first-order valence-corrected chi connectivity index (χ1v) is 7.80. The van der Waals surface area contributed by atoms with Crippen molar-refractivity contribution in [2.75, 3.05) is 6.54 Å². The Labute approximate surface area is 129 Å². The molecule has 0 aromatic heterocycles. The van der Waals surface area contributed by atoms with Gasteiger partial charge in [0, 0.05) is 5.41 Å². The third-order valence-corrected chi connectivity index (χ3v) is 5.69. The average molecular weight is 303 g/mol. The lowest BCUT2D eigenvalue weighted by Gasteiger charge is -2.44. The highest BCUT2D eigenvalue weighted by atomic mass is 16.1. The van der Waals surface area contributed by atoms with Gasteiger partial charge in [-0.25, -0.2) is 29.4 Å². The van der Waals surface area contributed by atoms with Crippen molar-refractivity contribution in [3.63, 3.8) is 0 Å². The van der Waals surface area contributed by atoms with E-state index in [-0.39, 0.29) is 29.3 Å². The molecule has 0 amide bonds. The van der Waals surface area contributed by atoms with Crippen LogP contribution in [-0.2, 0) is 14.4 Å². The van der Waals surface area contributed by atoms with Crippen molar-refractivity contribution < 1.29 is 14.4 Å². The molecule has 0 aromatic carbocycles. The third-order valence-electron chi connectivity index (χ3n) is 5.69. The van der Waals surface area contributed by atoms with Crippen LogP contribution in [0.3, 0.4) is 0 Å². The van der Waals surface area contributed by atoms with Gasteiger partial charge in [-0.2, -0.15) is 0 Å². The number of aliphatic imine (C=N–C) groups is 3. The maximum atomic E-state index is 10.8. The second-order valence-electron chi connectivity index (χ2n) is 6.56. The van der Waals surface area contributed by atoms with Crippen molar-refractivity contribution in [3.8, 4) is 0 Å². The topological polar surface area (TPSA) is 88.3 Å². The Hall–Kier alpha value is -1.86. The fourth-order valence-corrected chi connectivity index (χ4v) is 4.95. The van der Waals surface area contributed by atoms with Crippen molar-refractivity contribution in [1.82, 2.24) is 0 Å². The fourth-order valence-electron chi connectivity index (χ4n) is 4.95. The summed E-state index contributed by atoms with van der Waals surface area (Å²) in [6.45, 7) is 4.23. The molecule has 0 spiro atoms. The average Bonchev–Trinajstić information content (AvgIpc) is 3.09. The summed E-state index contributed by atoms with van der Waals surface area (Å²) in [5.74, 6) is 1.01. The molecule has 0 heterocycles. The lowest BCUT2D eigenvalue weighted by atomic mass is 9.62. The normalized spacial score (nSPS) is 34.9. The number of carbonyl (C=O) groups excluding carboxylic acids is 3. The molecule has 0 N–H and O–H groups in total. The number of isocyanates is 3. The van der Waals surface area contributed by atoms with E-state index in [0.29, 0.717) is 18.9 Å². The maximum absolute atomic E-state index is 10.8. The zero-order valence-corrected chi connectivity index (χ0v) is 13.0. The molecular weight excluding hydrogens is 282 g/mol. The lowest BCUT2D eigenvalue weighted by molar-refractivity contribution is 0.0753. The molecule has 2 saturated carbocycles. The van der Waals surface area contributed by atoms with Crippen molar-refractivity contribution in [2.24, 2.45) is 38.1 Å². The number of nitrogens with zero attached hydrogens (tertiary/aromatic N) is 3. The first-order chi connectivity index (χ1) is 10.6. The largest absolute Gasteiger partial charge is 0.235 e. The molecule has 6 unspecified atom stereocenters. The lowest BCUT2D eigenvalue weighted by Crippen LogP contribution is -2.46.